The van der Waals surface area contributed by atoms with Gasteiger partial charge in [-0.25, -0.2) is 16.8 Å². The summed E-state index contributed by atoms with van der Waals surface area (Å²) in [5, 5.41) is 14.6. The van der Waals surface area contributed by atoms with Crippen molar-refractivity contribution in [1.29, 1.82) is 0 Å². The van der Waals surface area contributed by atoms with E-state index in [2.05, 4.69) is 10.6 Å². The van der Waals surface area contributed by atoms with E-state index in [0.29, 0.717) is 17.2 Å². The number of sulfone groups is 2. The second-order valence-corrected chi connectivity index (χ2v) is 22.3. The van der Waals surface area contributed by atoms with Crippen molar-refractivity contribution < 1.29 is 70.4 Å². The standard InChI is InChI=1S/C20H18ClNO10S3.C16H17ClN2O6S2/c21-7-8-33(25,26)11-12-1-3-13(4-2-12)20(24)22-16-5-6-18(35(30,31)32)15-9-14(34(27,28)29)10-17(23)19(15)16;17-7-8-26(21,22)10-11-1-3-12(4-2-11)16(20)19-13-5-6-15(14(18)9-13)27(23,24)25/h1-6,9-10,23H,7-8,11H2,(H,22,24)(H,27,28,29)(H,30,31,32);1-6,9H,7-8,10,18H2,(H,19,20)(H,23,24,25). The number of nitrogens with one attached hydrogen (secondary N) is 2. The Kier molecular flexibility index (Phi) is 15.8. The van der Waals surface area contributed by atoms with E-state index in [1.165, 1.54) is 60.7 Å². The van der Waals surface area contributed by atoms with Crippen molar-refractivity contribution in [1.82, 2.24) is 0 Å². The summed E-state index contributed by atoms with van der Waals surface area (Å²) < 4.78 is 144. The van der Waals surface area contributed by atoms with Gasteiger partial charge >= 0.3 is 0 Å². The quantitative estimate of drug-likeness (QED) is 0.0435. The van der Waals surface area contributed by atoms with Gasteiger partial charge in [0.15, 0.2) is 19.7 Å². The van der Waals surface area contributed by atoms with Gasteiger partial charge in [0.1, 0.15) is 15.5 Å². The summed E-state index contributed by atoms with van der Waals surface area (Å²) in [5.74, 6) is -2.82. The van der Waals surface area contributed by atoms with Crippen LogP contribution in [0, 0.1) is 0 Å². The van der Waals surface area contributed by atoms with Gasteiger partial charge in [-0.05, 0) is 71.8 Å². The average Bonchev–Trinajstić information content (AvgIpc) is 3.13. The van der Waals surface area contributed by atoms with E-state index >= 15 is 0 Å². The van der Waals surface area contributed by atoms with E-state index in [-0.39, 0.29) is 68.3 Å². The lowest BCUT2D eigenvalue weighted by atomic mass is 10.1. The molecule has 0 spiro atoms. The molecule has 5 aromatic rings. The van der Waals surface area contributed by atoms with Crippen molar-refractivity contribution in [2.45, 2.75) is 26.2 Å². The first kappa shape index (κ1) is 49.8. The van der Waals surface area contributed by atoms with Crippen LogP contribution in [0.15, 0.2) is 106 Å². The zero-order valence-corrected chi connectivity index (χ0v) is 37.1. The Morgan fingerprint density at radius 3 is 1.44 bits per heavy atom. The Hall–Kier alpha value is -4.89. The number of halogens is 2. The highest BCUT2D eigenvalue weighted by Crippen LogP contribution is 2.38. The van der Waals surface area contributed by atoms with E-state index in [1.807, 2.05) is 0 Å². The summed E-state index contributed by atoms with van der Waals surface area (Å²) in [6.07, 6.45) is 0. The molecule has 5 rings (SSSR count). The molecule has 0 bridgehead atoms. The fourth-order valence-corrected chi connectivity index (χ4v) is 10.9. The molecule has 0 aromatic heterocycles. The number of fused-ring (bicyclic) bond motifs is 1. The fourth-order valence-electron chi connectivity index (χ4n) is 5.54. The number of amides is 2. The van der Waals surface area contributed by atoms with Crippen molar-refractivity contribution in [2.75, 3.05) is 39.6 Å². The third-order valence-corrected chi connectivity index (χ3v) is 15.1. The summed E-state index contributed by atoms with van der Waals surface area (Å²) >= 11 is 10.9. The molecule has 0 unspecified atom stereocenters. The highest BCUT2D eigenvalue weighted by molar-refractivity contribution is 7.91. The van der Waals surface area contributed by atoms with E-state index in [1.54, 1.807) is 0 Å². The van der Waals surface area contributed by atoms with Crippen molar-refractivity contribution in [2.24, 2.45) is 0 Å². The van der Waals surface area contributed by atoms with Crippen LogP contribution in [0.2, 0.25) is 0 Å². The summed E-state index contributed by atoms with van der Waals surface area (Å²) in [4.78, 5) is 22.9. The van der Waals surface area contributed by atoms with Crippen LogP contribution in [0.5, 0.6) is 5.75 Å². The van der Waals surface area contributed by atoms with Gasteiger partial charge in [-0.3, -0.25) is 23.2 Å². The molecular weight excluding hydrogens is 962 g/mol. The first-order chi connectivity index (χ1) is 28.6. The Morgan fingerprint density at radius 1 is 0.565 bits per heavy atom. The monoisotopic (exact) mass is 995 g/mol. The van der Waals surface area contributed by atoms with E-state index in [4.69, 9.17) is 33.5 Å². The number of hydrogen-bond acceptors (Lipinski definition) is 14. The van der Waals surface area contributed by atoms with Crippen LogP contribution in [0.25, 0.3) is 10.8 Å². The first-order valence-electron chi connectivity index (χ1n) is 17.1. The minimum absolute atomic E-state index is 0.0162. The third kappa shape index (κ3) is 13.6. The fraction of sp³-hybridized carbons (Fsp3) is 0.167. The molecule has 8 N–H and O–H groups in total. The van der Waals surface area contributed by atoms with Crippen molar-refractivity contribution in [3.8, 4) is 5.75 Å². The molecule has 0 heterocycles. The molecule has 0 atom stereocenters. The lowest BCUT2D eigenvalue weighted by Gasteiger charge is -2.14. The number of phenolic OH excluding ortho intramolecular Hbond substituents is 1. The second-order valence-electron chi connectivity index (χ2n) is 13.0. The number of nitrogens with two attached hydrogens (primary N) is 1. The molecule has 26 heteroatoms. The lowest BCUT2D eigenvalue weighted by Crippen LogP contribution is -2.14. The Labute approximate surface area is 366 Å². The molecule has 0 radical (unpaired) electrons. The van der Waals surface area contributed by atoms with Crippen molar-refractivity contribution in [3.05, 3.63) is 113 Å². The molecule has 2 amide bonds. The van der Waals surface area contributed by atoms with Crippen LogP contribution in [0.4, 0.5) is 17.1 Å². The summed E-state index contributed by atoms with van der Waals surface area (Å²) in [6, 6.07) is 18.4. The predicted octanol–water partition coefficient (Wildman–Crippen LogP) is 4.37. The minimum atomic E-state index is -4.89. The molecule has 0 aliphatic rings. The number of aromatic hydroxyl groups is 1. The molecular formula is C36H35Cl2N3O16S5. The summed E-state index contributed by atoms with van der Waals surface area (Å²) in [7, 11) is -20.9. The molecule has 334 valence electrons. The normalized spacial score (nSPS) is 12.3. The number of carbonyl (C=O) groups excluding carboxylic acids is 2. The highest BCUT2D eigenvalue weighted by atomic mass is 35.5. The molecule has 5 aromatic carbocycles. The number of carbonyl (C=O) groups is 2. The number of hydrogen-bond donors (Lipinski definition) is 7. The largest absolute Gasteiger partial charge is 0.507 e. The van der Waals surface area contributed by atoms with E-state index in [0.717, 1.165) is 24.3 Å². The zero-order valence-electron chi connectivity index (χ0n) is 31.5. The maximum absolute atomic E-state index is 12.7. The summed E-state index contributed by atoms with van der Waals surface area (Å²) in [5.41, 5.74) is 6.76. The van der Waals surface area contributed by atoms with Gasteiger partial charge in [-0.1, -0.05) is 24.3 Å². The summed E-state index contributed by atoms with van der Waals surface area (Å²) in [6.45, 7) is 0. The zero-order chi connectivity index (χ0) is 46.4. The smallest absolute Gasteiger partial charge is 0.296 e. The van der Waals surface area contributed by atoms with Crippen LogP contribution >= 0.6 is 23.2 Å². The van der Waals surface area contributed by atoms with Gasteiger partial charge < -0.3 is 21.5 Å². The number of benzene rings is 5. The maximum Gasteiger partial charge on any atom is 0.296 e. The van der Waals surface area contributed by atoms with E-state index < -0.39 is 87.7 Å². The highest BCUT2D eigenvalue weighted by Gasteiger charge is 2.23. The van der Waals surface area contributed by atoms with Gasteiger partial charge in [-0.15, -0.1) is 23.2 Å². The molecule has 0 aliphatic heterocycles. The molecule has 0 saturated heterocycles. The molecule has 19 nitrogen and oxygen atoms in total. The maximum atomic E-state index is 12.7. The topological polar surface area (TPSA) is 336 Å². The Bertz CT molecular complexity index is 3100. The first-order valence-corrected chi connectivity index (χ1v) is 26.1. The predicted molar refractivity (Wildman–Crippen MR) is 231 cm³/mol. The molecule has 0 fully saturated rings. The number of nitrogen functional groups attached to an aromatic ring is 1. The van der Waals surface area contributed by atoms with Gasteiger partial charge in [0.2, 0.25) is 0 Å². The van der Waals surface area contributed by atoms with Crippen LogP contribution in [0.1, 0.15) is 31.8 Å². The van der Waals surface area contributed by atoms with Crippen LogP contribution in [-0.4, -0.2) is 95.9 Å². The van der Waals surface area contributed by atoms with Gasteiger partial charge in [0.05, 0.1) is 39.3 Å². The number of alkyl halides is 2. The van der Waals surface area contributed by atoms with Gasteiger partial charge in [0, 0.05) is 45.4 Å². The van der Waals surface area contributed by atoms with Crippen LogP contribution in [0.3, 0.4) is 0 Å². The van der Waals surface area contributed by atoms with E-state index in [9.17, 15) is 65.9 Å². The Balaban J connectivity index is 0.000000282. The lowest BCUT2D eigenvalue weighted by molar-refractivity contribution is 0.101. The number of rotatable bonds is 15. The molecule has 62 heavy (non-hydrogen) atoms. The van der Waals surface area contributed by atoms with Crippen LogP contribution < -0.4 is 16.4 Å². The number of anilines is 3. The van der Waals surface area contributed by atoms with Gasteiger partial charge in [0.25, 0.3) is 42.2 Å². The Morgan fingerprint density at radius 2 is 1.02 bits per heavy atom. The van der Waals surface area contributed by atoms with Gasteiger partial charge in [-0.2, -0.15) is 25.3 Å². The minimum Gasteiger partial charge on any atom is -0.507 e. The average molecular weight is 997 g/mol. The molecule has 0 aliphatic carbocycles. The second kappa shape index (κ2) is 19.7. The van der Waals surface area contributed by atoms with Crippen LogP contribution in [-0.2, 0) is 61.5 Å². The number of phenols is 1. The third-order valence-electron chi connectivity index (χ3n) is 8.38. The SMILES string of the molecule is Nc1cc(NC(=O)c2ccc(CS(=O)(=O)CCCl)cc2)ccc1S(=O)(=O)O.O=C(Nc1ccc(S(=O)(=O)O)c2cc(S(=O)(=O)O)cc(O)c12)c1ccc(CS(=O)(=O)CCCl)cc1. The van der Waals surface area contributed by atoms with Crippen molar-refractivity contribution >= 4 is 113 Å². The molecule has 0 saturated carbocycles. The van der Waals surface area contributed by atoms with Crippen molar-refractivity contribution in [3.63, 3.8) is 0 Å².